The fourth-order valence-corrected chi connectivity index (χ4v) is 4.30. The summed E-state index contributed by atoms with van der Waals surface area (Å²) in [6.45, 7) is 3.44. The van der Waals surface area contributed by atoms with E-state index in [9.17, 15) is 23.1 Å². The third-order valence-corrected chi connectivity index (χ3v) is 6.85. The molecule has 9 heteroatoms. The summed E-state index contributed by atoms with van der Waals surface area (Å²) in [6.07, 6.45) is 0. The Balaban J connectivity index is 1.87. The van der Waals surface area contributed by atoms with E-state index in [2.05, 4.69) is 10.0 Å². The van der Waals surface area contributed by atoms with Crippen molar-refractivity contribution in [1.82, 2.24) is 0 Å². The molecule has 0 spiro atoms. The molecule has 162 valence electrons. The number of carbonyl (C=O) groups excluding carboxylic acids is 1. The van der Waals surface area contributed by atoms with Gasteiger partial charge in [-0.15, -0.1) is 11.6 Å². The Morgan fingerprint density at radius 1 is 0.935 bits per heavy atom. The van der Waals surface area contributed by atoms with Gasteiger partial charge in [-0.3, -0.25) is 9.52 Å². The molecular weight excluding hydrogens is 440 g/mol. The lowest BCUT2D eigenvalue weighted by molar-refractivity contribution is -0.122. The topological polar surface area (TPSA) is 113 Å². The average molecular weight is 461 g/mol. The van der Waals surface area contributed by atoms with Crippen molar-refractivity contribution in [2.45, 2.75) is 18.7 Å². The number of rotatable bonds is 7. The largest absolute Gasteiger partial charge is 0.478 e. The monoisotopic (exact) mass is 460 g/mol. The van der Waals surface area contributed by atoms with Crippen LogP contribution in [0.15, 0.2) is 65.6 Å². The summed E-state index contributed by atoms with van der Waals surface area (Å²) in [5, 5.41) is 12.7. The van der Waals surface area contributed by atoms with Crippen LogP contribution in [0.4, 0.5) is 11.4 Å². The second-order valence-electron chi connectivity index (χ2n) is 7.62. The summed E-state index contributed by atoms with van der Waals surface area (Å²) >= 11 is 5.81. The molecule has 7 nitrogen and oxygen atoms in total. The van der Waals surface area contributed by atoms with Crippen molar-refractivity contribution >= 4 is 55.6 Å². The molecule has 0 heterocycles. The Bertz CT molecular complexity index is 1250. The molecule has 3 aromatic rings. The van der Waals surface area contributed by atoms with Crippen molar-refractivity contribution in [3.63, 3.8) is 0 Å². The third-order valence-electron chi connectivity index (χ3n) is 4.75. The van der Waals surface area contributed by atoms with Gasteiger partial charge in [0.05, 0.1) is 15.9 Å². The van der Waals surface area contributed by atoms with Crippen LogP contribution in [-0.4, -0.2) is 31.3 Å². The molecule has 0 aliphatic rings. The SMILES string of the molecule is CC(C)(CCl)C(=O)Nc1ccc(NS(=O)(=O)c2cccc3c(C(=O)O)cccc23)cc1. The standard InChI is InChI=1S/C22H21ClN2O5S/c1-22(2,13-23)21(28)24-14-9-11-15(12-10-14)25-31(29,30)19-8-4-5-16-17(19)6-3-7-18(16)20(26)27/h3-12,25H,13H2,1-2H3,(H,24,28)(H,26,27). The molecule has 0 saturated carbocycles. The van der Waals surface area contributed by atoms with Gasteiger partial charge in [0, 0.05) is 22.6 Å². The fraction of sp³-hybridized carbons (Fsp3) is 0.182. The van der Waals surface area contributed by atoms with E-state index in [1.807, 2.05) is 0 Å². The maximum absolute atomic E-state index is 13.0. The number of anilines is 2. The van der Waals surface area contributed by atoms with E-state index in [4.69, 9.17) is 11.6 Å². The first-order valence-corrected chi connectivity index (χ1v) is 11.3. The summed E-state index contributed by atoms with van der Waals surface area (Å²) < 4.78 is 28.5. The number of hydrogen-bond donors (Lipinski definition) is 3. The van der Waals surface area contributed by atoms with Crippen molar-refractivity contribution in [2.75, 3.05) is 15.9 Å². The van der Waals surface area contributed by atoms with Crippen LogP contribution in [-0.2, 0) is 14.8 Å². The average Bonchev–Trinajstić information content (AvgIpc) is 2.73. The number of nitrogens with one attached hydrogen (secondary N) is 2. The Morgan fingerprint density at radius 2 is 1.52 bits per heavy atom. The molecule has 0 aliphatic carbocycles. The lowest BCUT2D eigenvalue weighted by Gasteiger charge is -2.20. The fourth-order valence-electron chi connectivity index (χ4n) is 2.89. The van der Waals surface area contributed by atoms with Crippen LogP contribution in [0.3, 0.4) is 0 Å². The van der Waals surface area contributed by atoms with Gasteiger partial charge in [-0.25, -0.2) is 13.2 Å². The first-order chi connectivity index (χ1) is 14.5. The Morgan fingerprint density at radius 3 is 2.13 bits per heavy atom. The molecule has 0 saturated heterocycles. The van der Waals surface area contributed by atoms with Crippen molar-refractivity contribution in [3.8, 4) is 0 Å². The highest BCUT2D eigenvalue weighted by Gasteiger charge is 2.26. The molecule has 0 unspecified atom stereocenters. The molecule has 3 N–H and O–H groups in total. The molecule has 0 aliphatic heterocycles. The van der Waals surface area contributed by atoms with E-state index in [1.165, 1.54) is 36.4 Å². The van der Waals surface area contributed by atoms with Crippen LogP contribution in [0.1, 0.15) is 24.2 Å². The summed E-state index contributed by atoms with van der Waals surface area (Å²) in [5.74, 6) is -1.23. The first kappa shape index (κ1) is 22.6. The normalized spacial score (nSPS) is 11.8. The highest BCUT2D eigenvalue weighted by Crippen LogP contribution is 2.28. The number of carboxylic acid groups (broad SMARTS) is 1. The molecular formula is C22H21ClN2O5S. The number of hydrogen-bond acceptors (Lipinski definition) is 4. The number of aromatic carboxylic acids is 1. The summed E-state index contributed by atoms with van der Waals surface area (Å²) in [5.41, 5.74) is 0.0725. The first-order valence-electron chi connectivity index (χ1n) is 9.30. The number of amides is 1. The number of carboxylic acids is 1. The highest BCUT2D eigenvalue weighted by molar-refractivity contribution is 7.93. The second-order valence-corrected chi connectivity index (χ2v) is 9.53. The zero-order chi connectivity index (χ0) is 22.8. The maximum atomic E-state index is 13.0. The van der Waals surface area contributed by atoms with Crippen molar-refractivity contribution < 1.29 is 23.1 Å². The van der Waals surface area contributed by atoms with E-state index >= 15 is 0 Å². The van der Waals surface area contributed by atoms with Gasteiger partial charge in [0.25, 0.3) is 10.0 Å². The third kappa shape index (κ3) is 4.81. The van der Waals surface area contributed by atoms with E-state index in [1.54, 1.807) is 38.1 Å². The smallest absolute Gasteiger partial charge is 0.336 e. The summed E-state index contributed by atoms with van der Waals surface area (Å²) in [6, 6.07) is 15.2. The molecule has 31 heavy (non-hydrogen) atoms. The van der Waals surface area contributed by atoms with Crippen LogP contribution < -0.4 is 10.0 Å². The van der Waals surface area contributed by atoms with Gasteiger partial charge in [-0.1, -0.05) is 24.3 Å². The van der Waals surface area contributed by atoms with Crippen LogP contribution >= 0.6 is 11.6 Å². The lowest BCUT2D eigenvalue weighted by atomic mass is 9.95. The van der Waals surface area contributed by atoms with Crippen LogP contribution in [0.25, 0.3) is 10.8 Å². The van der Waals surface area contributed by atoms with Crippen molar-refractivity contribution in [3.05, 3.63) is 66.2 Å². The van der Waals surface area contributed by atoms with Gasteiger partial charge in [0.2, 0.25) is 5.91 Å². The number of benzene rings is 3. The number of carbonyl (C=O) groups is 2. The van der Waals surface area contributed by atoms with E-state index in [0.717, 1.165) is 0 Å². The van der Waals surface area contributed by atoms with Crippen molar-refractivity contribution in [2.24, 2.45) is 5.41 Å². The molecule has 3 rings (SSSR count). The predicted molar refractivity (Wildman–Crippen MR) is 121 cm³/mol. The minimum Gasteiger partial charge on any atom is -0.478 e. The molecule has 0 fully saturated rings. The number of fused-ring (bicyclic) bond motifs is 1. The van der Waals surface area contributed by atoms with Gasteiger partial charge >= 0.3 is 5.97 Å². The molecule has 0 aromatic heterocycles. The maximum Gasteiger partial charge on any atom is 0.336 e. The Labute approximate surface area is 185 Å². The van der Waals surface area contributed by atoms with Crippen LogP contribution in [0.5, 0.6) is 0 Å². The van der Waals surface area contributed by atoms with Gasteiger partial charge in [0.15, 0.2) is 0 Å². The van der Waals surface area contributed by atoms with Gasteiger partial charge < -0.3 is 10.4 Å². The van der Waals surface area contributed by atoms with Crippen molar-refractivity contribution in [1.29, 1.82) is 0 Å². The zero-order valence-corrected chi connectivity index (χ0v) is 18.4. The highest BCUT2D eigenvalue weighted by atomic mass is 35.5. The second kappa shape index (κ2) is 8.56. The van der Waals surface area contributed by atoms with Gasteiger partial charge in [0.1, 0.15) is 0 Å². The zero-order valence-electron chi connectivity index (χ0n) is 16.8. The molecule has 0 atom stereocenters. The molecule has 1 amide bonds. The number of alkyl halides is 1. The van der Waals surface area contributed by atoms with Gasteiger partial charge in [-0.05, 0) is 55.6 Å². The van der Waals surface area contributed by atoms with E-state index < -0.39 is 21.4 Å². The Hall–Kier alpha value is -3.10. The number of sulfonamides is 1. The van der Waals surface area contributed by atoms with Crippen LogP contribution in [0, 0.1) is 5.41 Å². The molecule has 0 bridgehead atoms. The summed E-state index contributed by atoms with van der Waals surface area (Å²) in [4.78, 5) is 23.6. The molecule has 3 aromatic carbocycles. The van der Waals surface area contributed by atoms with Crippen LogP contribution in [0.2, 0.25) is 0 Å². The van der Waals surface area contributed by atoms with E-state index in [-0.39, 0.29) is 22.2 Å². The minimum atomic E-state index is -3.99. The lowest BCUT2D eigenvalue weighted by Crippen LogP contribution is -2.32. The molecule has 0 radical (unpaired) electrons. The summed E-state index contributed by atoms with van der Waals surface area (Å²) in [7, 11) is -3.99. The van der Waals surface area contributed by atoms with Gasteiger partial charge in [-0.2, -0.15) is 0 Å². The Kier molecular flexibility index (Phi) is 6.24. The predicted octanol–water partition coefficient (Wildman–Crippen LogP) is 4.54. The quantitative estimate of drug-likeness (QED) is 0.448. The van der Waals surface area contributed by atoms with E-state index in [0.29, 0.717) is 22.1 Å². The minimum absolute atomic E-state index is 0.0227. The number of halogens is 1.